The number of hydrogen-bond donors (Lipinski definition) is 2. The first-order valence-electron chi connectivity index (χ1n) is 10.3. The molecule has 0 spiro atoms. The minimum Gasteiger partial charge on any atom is -0.478 e. The maximum atomic E-state index is 13.2. The summed E-state index contributed by atoms with van der Waals surface area (Å²) >= 11 is 9.48. The Hall–Kier alpha value is -3.29. The molecule has 2 N–H and O–H groups in total. The van der Waals surface area contributed by atoms with Crippen LogP contribution in [0.3, 0.4) is 0 Å². The second kappa shape index (κ2) is 8.57. The molecule has 5 rings (SSSR count). The molecule has 0 aliphatic carbocycles. The average Bonchev–Trinajstić information content (AvgIpc) is 3.17. The van der Waals surface area contributed by atoms with Gasteiger partial charge in [-0.3, -0.25) is 4.90 Å². The number of nitrogens with one attached hydrogen (secondary N) is 1. The number of carbonyl (C=O) groups excluding carboxylic acids is 1. The van der Waals surface area contributed by atoms with E-state index in [9.17, 15) is 14.7 Å². The summed E-state index contributed by atoms with van der Waals surface area (Å²) in [5.74, 6) is -0.601. The third kappa shape index (κ3) is 4.10. The molecule has 0 radical (unpaired) electrons. The van der Waals surface area contributed by atoms with Crippen LogP contribution in [0.1, 0.15) is 33.2 Å². The van der Waals surface area contributed by atoms with E-state index in [1.54, 1.807) is 53.4 Å². The van der Waals surface area contributed by atoms with Gasteiger partial charge in [0.15, 0.2) is 0 Å². The minimum absolute atomic E-state index is 0.186. The summed E-state index contributed by atoms with van der Waals surface area (Å²) in [7, 11) is 0. The zero-order chi connectivity index (χ0) is 23.1. The van der Waals surface area contributed by atoms with Gasteiger partial charge in [-0.25, -0.2) is 9.59 Å². The van der Waals surface area contributed by atoms with Gasteiger partial charge in [0.1, 0.15) is 11.8 Å². The molecule has 1 atom stereocenters. The van der Waals surface area contributed by atoms with Crippen LogP contribution in [-0.4, -0.2) is 33.6 Å². The van der Waals surface area contributed by atoms with Gasteiger partial charge in [-0.1, -0.05) is 39.7 Å². The second-order valence-electron chi connectivity index (χ2n) is 7.80. The number of halogens is 2. The molecule has 3 aromatic carbocycles. The van der Waals surface area contributed by atoms with Crippen LogP contribution in [0.5, 0.6) is 5.75 Å². The molecule has 1 amide bonds. The van der Waals surface area contributed by atoms with Gasteiger partial charge in [0.05, 0.1) is 5.56 Å². The SMILES string of the molecule is O=C(O)c1ccc(C2c3[nH]c4ccc(Br)cc4c3CCN2C(=O)Oc2ccc(Cl)cc2)cc1. The number of carboxylic acid groups (broad SMARTS) is 1. The highest BCUT2D eigenvalue weighted by Gasteiger charge is 2.35. The van der Waals surface area contributed by atoms with E-state index in [4.69, 9.17) is 16.3 Å². The number of fused-ring (bicyclic) bond motifs is 3. The predicted molar refractivity (Wildman–Crippen MR) is 129 cm³/mol. The van der Waals surface area contributed by atoms with Gasteiger partial charge in [-0.05, 0) is 72.1 Å². The smallest absolute Gasteiger partial charge is 0.416 e. The first-order valence-corrected chi connectivity index (χ1v) is 11.4. The highest BCUT2D eigenvalue weighted by Crippen LogP contribution is 2.39. The first kappa shape index (κ1) is 21.6. The summed E-state index contributed by atoms with van der Waals surface area (Å²) in [5, 5.41) is 10.9. The van der Waals surface area contributed by atoms with E-state index in [1.807, 2.05) is 12.1 Å². The van der Waals surface area contributed by atoms with Crippen molar-refractivity contribution in [1.29, 1.82) is 0 Å². The van der Waals surface area contributed by atoms with E-state index >= 15 is 0 Å². The van der Waals surface area contributed by atoms with Crippen LogP contribution in [-0.2, 0) is 6.42 Å². The minimum atomic E-state index is -1.000. The molecule has 166 valence electrons. The number of aromatic carboxylic acids is 1. The lowest BCUT2D eigenvalue weighted by Gasteiger charge is -2.35. The van der Waals surface area contributed by atoms with Crippen molar-refractivity contribution >= 4 is 50.5 Å². The molecule has 8 heteroatoms. The zero-order valence-corrected chi connectivity index (χ0v) is 19.6. The molecule has 0 fully saturated rings. The second-order valence-corrected chi connectivity index (χ2v) is 9.15. The molecule has 1 aromatic heterocycles. The number of nitrogens with zero attached hydrogens (tertiary/aromatic N) is 1. The van der Waals surface area contributed by atoms with Crippen molar-refractivity contribution in [1.82, 2.24) is 9.88 Å². The van der Waals surface area contributed by atoms with Gasteiger partial charge in [-0.15, -0.1) is 0 Å². The van der Waals surface area contributed by atoms with E-state index < -0.39 is 18.1 Å². The highest BCUT2D eigenvalue weighted by molar-refractivity contribution is 9.10. The Balaban J connectivity index is 1.58. The lowest BCUT2D eigenvalue weighted by Crippen LogP contribution is -2.42. The Morgan fingerprint density at radius 3 is 2.48 bits per heavy atom. The molecule has 0 bridgehead atoms. The predicted octanol–water partition coefficient (Wildman–Crippen LogP) is 6.43. The number of H-pyrrole nitrogens is 1. The normalized spacial score (nSPS) is 15.3. The largest absolute Gasteiger partial charge is 0.478 e. The molecule has 4 aromatic rings. The van der Waals surface area contributed by atoms with Crippen LogP contribution >= 0.6 is 27.5 Å². The van der Waals surface area contributed by atoms with Crippen molar-refractivity contribution in [3.63, 3.8) is 0 Å². The lowest BCUT2D eigenvalue weighted by molar-refractivity contribution is 0.0696. The van der Waals surface area contributed by atoms with Gasteiger partial charge < -0.3 is 14.8 Å². The number of rotatable bonds is 3. The maximum absolute atomic E-state index is 13.2. The standard InChI is InChI=1S/C25H18BrClN2O4/c26-16-5-10-21-20(13-16)19-11-12-29(25(32)33-18-8-6-17(27)7-9-18)23(22(19)28-21)14-1-3-15(4-2-14)24(30)31/h1-10,13,23,28H,11-12H2,(H,30,31). The van der Waals surface area contributed by atoms with Crippen LogP contribution in [0.4, 0.5) is 4.79 Å². The maximum Gasteiger partial charge on any atom is 0.416 e. The molecule has 2 heterocycles. The third-order valence-electron chi connectivity index (χ3n) is 5.82. The lowest BCUT2D eigenvalue weighted by atomic mass is 9.92. The number of aromatic nitrogens is 1. The topological polar surface area (TPSA) is 82.6 Å². The summed E-state index contributed by atoms with van der Waals surface area (Å²) in [4.78, 5) is 29.7. The molecule has 33 heavy (non-hydrogen) atoms. The summed E-state index contributed by atoms with van der Waals surface area (Å²) in [6.07, 6.45) is 0.167. The molecule has 1 aliphatic heterocycles. The van der Waals surface area contributed by atoms with Crippen molar-refractivity contribution < 1.29 is 19.4 Å². The van der Waals surface area contributed by atoms with Gasteiger partial charge in [-0.2, -0.15) is 0 Å². The van der Waals surface area contributed by atoms with E-state index in [-0.39, 0.29) is 5.56 Å². The van der Waals surface area contributed by atoms with E-state index in [2.05, 4.69) is 27.0 Å². The molecular formula is C25H18BrClN2O4. The van der Waals surface area contributed by atoms with E-state index in [1.165, 1.54) is 0 Å². The van der Waals surface area contributed by atoms with Crippen LogP contribution in [0.15, 0.2) is 71.2 Å². The summed E-state index contributed by atoms with van der Waals surface area (Å²) in [6, 6.07) is 18.8. The molecular weight excluding hydrogens is 508 g/mol. The van der Waals surface area contributed by atoms with Crippen molar-refractivity contribution in [2.75, 3.05) is 6.54 Å². The quantitative estimate of drug-likeness (QED) is 0.323. The fourth-order valence-electron chi connectivity index (χ4n) is 4.27. The Morgan fingerprint density at radius 1 is 1.06 bits per heavy atom. The number of carbonyl (C=O) groups is 2. The fourth-order valence-corrected chi connectivity index (χ4v) is 4.76. The Kier molecular flexibility index (Phi) is 5.60. The zero-order valence-electron chi connectivity index (χ0n) is 17.2. The van der Waals surface area contributed by atoms with Crippen molar-refractivity contribution in [3.8, 4) is 5.75 Å². The van der Waals surface area contributed by atoms with Crippen LogP contribution in [0, 0.1) is 0 Å². The van der Waals surface area contributed by atoms with Gasteiger partial charge in [0.25, 0.3) is 0 Å². The molecule has 1 unspecified atom stereocenters. The molecule has 0 saturated carbocycles. The Bertz CT molecular complexity index is 1370. The van der Waals surface area contributed by atoms with Gasteiger partial charge >= 0.3 is 12.1 Å². The number of benzene rings is 3. The van der Waals surface area contributed by atoms with Crippen LogP contribution < -0.4 is 4.74 Å². The first-order chi connectivity index (χ1) is 15.9. The monoisotopic (exact) mass is 524 g/mol. The van der Waals surface area contributed by atoms with Crippen molar-refractivity contribution in [3.05, 3.63) is 98.6 Å². The van der Waals surface area contributed by atoms with Crippen molar-refractivity contribution in [2.24, 2.45) is 0 Å². The summed E-state index contributed by atoms with van der Waals surface area (Å²) in [5.41, 5.74) is 3.98. The van der Waals surface area contributed by atoms with Crippen LogP contribution in [0.2, 0.25) is 5.02 Å². The number of hydrogen-bond acceptors (Lipinski definition) is 3. The molecule has 0 saturated heterocycles. The third-order valence-corrected chi connectivity index (χ3v) is 6.56. The highest BCUT2D eigenvalue weighted by atomic mass is 79.9. The number of amides is 1. The van der Waals surface area contributed by atoms with Crippen molar-refractivity contribution in [2.45, 2.75) is 12.5 Å². The Morgan fingerprint density at radius 2 is 1.79 bits per heavy atom. The molecule has 1 aliphatic rings. The number of aromatic amines is 1. The summed E-state index contributed by atoms with van der Waals surface area (Å²) in [6.45, 7) is 0.449. The number of carboxylic acids is 1. The number of ether oxygens (including phenoxy) is 1. The van der Waals surface area contributed by atoms with Gasteiger partial charge in [0.2, 0.25) is 0 Å². The summed E-state index contributed by atoms with van der Waals surface area (Å²) < 4.78 is 6.62. The Labute approximate surface area is 202 Å². The average molecular weight is 526 g/mol. The van der Waals surface area contributed by atoms with Crippen LogP contribution in [0.25, 0.3) is 10.9 Å². The fraction of sp³-hybridized carbons (Fsp3) is 0.120. The van der Waals surface area contributed by atoms with Gasteiger partial charge in [0, 0.05) is 32.6 Å². The van der Waals surface area contributed by atoms with E-state index in [0.717, 1.165) is 32.2 Å². The molecule has 6 nitrogen and oxygen atoms in total. The van der Waals surface area contributed by atoms with E-state index in [0.29, 0.717) is 23.7 Å².